The molecule has 130 valence electrons. The maximum Gasteiger partial charge on any atom is 0.253 e. The lowest BCUT2D eigenvalue weighted by molar-refractivity contribution is 0.0792. The Labute approximate surface area is 148 Å². The molecule has 4 rings (SSSR count). The van der Waals surface area contributed by atoms with Crippen LogP contribution in [-0.4, -0.2) is 35.5 Å². The standard InChI is InChI=1S/C21H24N2O2/c1-15(24)16-5-4-6-19(14-16)23-12-9-17-13-18(7-8-20(17)23)21(25)22-10-2-3-11-22/h4-8,13-15,24H,2-3,9-12H2,1H3. The molecule has 1 N–H and O–H groups in total. The molecule has 2 aromatic rings. The van der Waals surface area contributed by atoms with Crippen molar-refractivity contribution in [2.45, 2.75) is 32.3 Å². The number of carbonyl (C=O) groups is 1. The van der Waals surface area contributed by atoms with E-state index in [-0.39, 0.29) is 5.91 Å². The zero-order valence-electron chi connectivity index (χ0n) is 14.6. The largest absolute Gasteiger partial charge is 0.389 e. The monoisotopic (exact) mass is 336 g/mol. The molecule has 0 spiro atoms. The predicted molar refractivity (Wildman–Crippen MR) is 99.4 cm³/mol. The van der Waals surface area contributed by atoms with E-state index < -0.39 is 6.10 Å². The molecule has 25 heavy (non-hydrogen) atoms. The van der Waals surface area contributed by atoms with Gasteiger partial charge in [-0.3, -0.25) is 4.79 Å². The Bertz CT molecular complexity index is 794. The van der Waals surface area contributed by atoms with Crippen LogP contribution in [0.3, 0.4) is 0 Å². The van der Waals surface area contributed by atoms with Crippen LogP contribution in [-0.2, 0) is 6.42 Å². The molecular weight excluding hydrogens is 312 g/mol. The Morgan fingerprint density at radius 2 is 1.88 bits per heavy atom. The zero-order chi connectivity index (χ0) is 17.4. The molecule has 2 aromatic carbocycles. The summed E-state index contributed by atoms with van der Waals surface area (Å²) >= 11 is 0. The van der Waals surface area contributed by atoms with Crippen LogP contribution in [0.2, 0.25) is 0 Å². The lowest BCUT2D eigenvalue weighted by Crippen LogP contribution is -2.27. The zero-order valence-corrected chi connectivity index (χ0v) is 14.6. The van der Waals surface area contributed by atoms with Crippen molar-refractivity contribution in [2.75, 3.05) is 24.5 Å². The second-order valence-corrected chi connectivity index (χ2v) is 7.02. The highest BCUT2D eigenvalue weighted by Gasteiger charge is 2.24. The number of hydrogen-bond acceptors (Lipinski definition) is 3. The fourth-order valence-corrected chi connectivity index (χ4v) is 3.86. The highest BCUT2D eigenvalue weighted by molar-refractivity contribution is 5.95. The third-order valence-corrected chi connectivity index (χ3v) is 5.28. The van der Waals surface area contributed by atoms with Gasteiger partial charge in [-0.2, -0.15) is 0 Å². The quantitative estimate of drug-likeness (QED) is 0.930. The van der Waals surface area contributed by atoms with E-state index in [0.717, 1.165) is 55.7 Å². The van der Waals surface area contributed by atoms with Crippen molar-refractivity contribution in [1.29, 1.82) is 0 Å². The second-order valence-electron chi connectivity index (χ2n) is 7.02. The minimum atomic E-state index is -0.470. The first-order valence-corrected chi connectivity index (χ1v) is 9.11. The van der Waals surface area contributed by atoms with E-state index in [2.05, 4.69) is 23.1 Å². The molecule has 4 nitrogen and oxygen atoms in total. The van der Waals surface area contributed by atoms with Crippen LogP contribution in [0.15, 0.2) is 42.5 Å². The molecule has 1 fully saturated rings. The molecule has 0 saturated carbocycles. The van der Waals surface area contributed by atoms with Crippen LogP contribution in [0.1, 0.15) is 47.4 Å². The number of hydrogen-bond donors (Lipinski definition) is 1. The minimum Gasteiger partial charge on any atom is -0.389 e. The van der Waals surface area contributed by atoms with Gasteiger partial charge in [-0.25, -0.2) is 0 Å². The summed E-state index contributed by atoms with van der Waals surface area (Å²) in [5, 5.41) is 9.83. The number of aliphatic hydroxyl groups excluding tert-OH is 1. The van der Waals surface area contributed by atoms with Gasteiger partial charge in [0.25, 0.3) is 5.91 Å². The molecule has 0 radical (unpaired) electrons. The van der Waals surface area contributed by atoms with Crippen LogP contribution in [0.5, 0.6) is 0 Å². The van der Waals surface area contributed by atoms with Crippen molar-refractivity contribution in [3.63, 3.8) is 0 Å². The molecule has 2 aliphatic rings. The number of aliphatic hydroxyl groups is 1. The number of fused-ring (bicyclic) bond motifs is 1. The van der Waals surface area contributed by atoms with E-state index in [0.29, 0.717) is 0 Å². The number of nitrogens with zero attached hydrogens (tertiary/aromatic N) is 2. The van der Waals surface area contributed by atoms with Gasteiger partial charge in [0.15, 0.2) is 0 Å². The van der Waals surface area contributed by atoms with Gasteiger partial charge in [-0.1, -0.05) is 12.1 Å². The molecule has 1 unspecified atom stereocenters. The van der Waals surface area contributed by atoms with Crippen LogP contribution >= 0.6 is 0 Å². The van der Waals surface area contributed by atoms with Crippen LogP contribution in [0.25, 0.3) is 0 Å². The van der Waals surface area contributed by atoms with Crippen molar-refractivity contribution in [3.05, 3.63) is 59.2 Å². The average Bonchev–Trinajstić information content (AvgIpc) is 3.30. The molecule has 0 aliphatic carbocycles. The van der Waals surface area contributed by atoms with Gasteiger partial charge >= 0.3 is 0 Å². The summed E-state index contributed by atoms with van der Waals surface area (Å²) in [5.74, 6) is 0.162. The van der Waals surface area contributed by atoms with E-state index in [1.165, 1.54) is 11.3 Å². The Balaban J connectivity index is 1.61. The smallest absolute Gasteiger partial charge is 0.253 e. The van der Waals surface area contributed by atoms with Crippen molar-refractivity contribution in [1.82, 2.24) is 4.90 Å². The van der Waals surface area contributed by atoms with E-state index in [9.17, 15) is 9.90 Å². The number of benzene rings is 2. The van der Waals surface area contributed by atoms with Crippen molar-refractivity contribution in [2.24, 2.45) is 0 Å². The highest BCUT2D eigenvalue weighted by Crippen LogP contribution is 2.36. The van der Waals surface area contributed by atoms with E-state index in [4.69, 9.17) is 0 Å². The van der Waals surface area contributed by atoms with Gasteiger partial charge in [0, 0.05) is 36.6 Å². The van der Waals surface area contributed by atoms with Crippen LogP contribution < -0.4 is 4.90 Å². The number of likely N-dealkylation sites (tertiary alicyclic amines) is 1. The second kappa shape index (κ2) is 6.52. The molecule has 1 atom stereocenters. The van der Waals surface area contributed by atoms with Gasteiger partial charge in [0.05, 0.1) is 6.10 Å². The first-order valence-electron chi connectivity index (χ1n) is 9.11. The number of carbonyl (C=O) groups excluding carboxylic acids is 1. The molecule has 2 aliphatic heterocycles. The van der Waals surface area contributed by atoms with E-state index in [1.54, 1.807) is 6.92 Å². The Morgan fingerprint density at radius 3 is 2.64 bits per heavy atom. The van der Waals surface area contributed by atoms with Crippen molar-refractivity contribution in [3.8, 4) is 0 Å². The summed E-state index contributed by atoms with van der Waals surface area (Å²) in [6.45, 7) is 4.45. The summed E-state index contributed by atoms with van der Waals surface area (Å²) < 4.78 is 0. The first kappa shape index (κ1) is 16.2. The number of anilines is 2. The third kappa shape index (κ3) is 3.02. The molecule has 1 saturated heterocycles. The van der Waals surface area contributed by atoms with Crippen LogP contribution in [0, 0.1) is 0 Å². The van der Waals surface area contributed by atoms with Crippen molar-refractivity contribution >= 4 is 17.3 Å². The van der Waals surface area contributed by atoms with Crippen LogP contribution in [0.4, 0.5) is 11.4 Å². The normalized spacial score (nSPS) is 17.7. The fraction of sp³-hybridized carbons (Fsp3) is 0.381. The lowest BCUT2D eigenvalue weighted by atomic mass is 10.1. The lowest BCUT2D eigenvalue weighted by Gasteiger charge is -2.21. The highest BCUT2D eigenvalue weighted by atomic mass is 16.3. The molecular formula is C21H24N2O2. The minimum absolute atomic E-state index is 0.162. The summed E-state index contributed by atoms with van der Waals surface area (Å²) in [5.41, 5.74) is 5.22. The fourth-order valence-electron chi connectivity index (χ4n) is 3.86. The number of rotatable bonds is 3. The molecule has 1 amide bonds. The van der Waals surface area contributed by atoms with Gasteiger partial charge in [0.2, 0.25) is 0 Å². The Hall–Kier alpha value is -2.33. The maximum atomic E-state index is 12.6. The molecule has 0 bridgehead atoms. The van der Waals surface area contributed by atoms with Gasteiger partial charge < -0.3 is 14.9 Å². The first-order chi connectivity index (χ1) is 12.1. The molecule has 4 heteroatoms. The summed E-state index contributed by atoms with van der Waals surface area (Å²) in [6.07, 6.45) is 2.70. The van der Waals surface area contributed by atoms with E-state index in [1.807, 2.05) is 29.2 Å². The van der Waals surface area contributed by atoms with Gasteiger partial charge in [-0.15, -0.1) is 0 Å². The predicted octanol–water partition coefficient (Wildman–Crippen LogP) is 3.67. The van der Waals surface area contributed by atoms with Crippen molar-refractivity contribution < 1.29 is 9.90 Å². The average molecular weight is 336 g/mol. The third-order valence-electron chi connectivity index (χ3n) is 5.28. The summed E-state index contributed by atoms with van der Waals surface area (Å²) in [6, 6.07) is 14.1. The van der Waals surface area contributed by atoms with Gasteiger partial charge in [0.1, 0.15) is 0 Å². The number of amides is 1. The Morgan fingerprint density at radius 1 is 1.08 bits per heavy atom. The van der Waals surface area contributed by atoms with Gasteiger partial charge in [-0.05, 0) is 67.6 Å². The topological polar surface area (TPSA) is 43.8 Å². The van der Waals surface area contributed by atoms with E-state index >= 15 is 0 Å². The summed E-state index contributed by atoms with van der Waals surface area (Å²) in [7, 11) is 0. The molecule has 0 aromatic heterocycles. The molecule has 2 heterocycles. The SMILES string of the molecule is CC(O)c1cccc(N2CCc3cc(C(=O)N4CCCC4)ccc32)c1. The Kier molecular flexibility index (Phi) is 4.22. The maximum absolute atomic E-state index is 12.6. The summed E-state index contributed by atoms with van der Waals surface area (Å²) in [4.78, 5) is 16.8.